The van der Waals surface area contributed by atoms with Crippen molar-refractivity contribution in [3.8, 4) is 0 Å². The van der Waals surface area contributed by atoms with Gasteiger partial charge in [-0.05, 0) is 73.0 Å². The van der Waals surface area contributed by atoms with Crippen LogP contribution in [0.4, 0.5) is 0 Å². The molecule has 4 nitrogen and oxygen atoms in total. The standard InChI is InChI=1S/C25H44N2O2/c1-16(2)22-9-7-18(5)11-20(22)13-28-24-25(27-15-26-24)29-14-21-12-19(6)8-10-23(21)17(3)4/h16-23,26-27H,7-14H2,1-6H3/t18-,19-,20+,21+,22+,23+/m1/s1. The van der Waals surface area contributed by atoms with Crippen LogP contribution in [0.15, 0.2) is 11.8 Å². The predicted octanol–water partition coefficient (Wildman–Crippen LogP) is 5.75. The molecule has 0 saturated heterocycles. The molecule has 0 bridgehead atoms. The van der Waals surface area contributed by atoms with E-state index in [9.17, 15) is 0 Å². The maximum absolute atomic E-state index is 6.24. The van der Waals surface area contributed by atoms with Gasteiger partial charge in [-0.25, -0.2) is 0 Å². The third kappa shape index (κ3) is 5.98. The molecule has 29 heavy (non-hydrogen) atoms. The molecule has 4 heteroatoms. The van der Waals surface area contributed by atoms with Crippen molar-refractivity contribution in [3.05, 3.63) is 18.4 Å². The Bertz CT molecular complexity index is 499. The summed E-state index contributed by atoms with van der Waals surface area (Å²) in [5.41, 5.74) is 0. The fourth-order valence-corrected chi connectivity index (χ4v) is 6.03. The first-order valence-electron chi connectivity index (χ1n) is 12.1. The van der Waals surface area contributed by atoms with Crippen molar-refractivity contribution in [1.29, 1.82) is 0 Å². The Balaban J connectivity index is 1.56. The van der Waals surface area contributed by atoms with Gasteiger partial charge >= 0.3 is 0 Å². The van der Waals surface area contributed by atoms with Gasteiger partial charge in [0, 0.05) is 0 Å². The Morgan fingerprint density at radius 2 is 1.17 bits per heavy atom. The molecule has 2 aliphatic carbocycles. The van der Waals surface area contributed by atoms with Crippen LogP contribution in [0.25, 0.3) is 0 Å². The number of ether oxygens (including phenoxy) is 2. The lowest BCUT2D eigenvalue weighted by molar-refractivity contribution is 0.0374. The Kier molecular flexibility index (Phi) is 8.04. The minimum Gasteiger partial charge on any atom is -0.475 e. The highest BCUT2D eigenvalue weighted by molar-refractivity contribution is 5.08. The smallest absolute Gasteiger partial charge is 0.251 e. The van der Waals surface area contributed by atoms with Gasteiger partial charge in [-0.1, -0.05) is 54.4 Å². The second kappa shape index (κ2) is 10.3. The first-order valence-corrected chi connectivity index (χ1v) is 12.1. The molecular weight excluding hydrogens is 360 g/mol. The van der Waals surface area contributed by atoms with Gasteiger partial charge in [-0.2, -0.15) is 0 Å². The first kappa shape index (κ1) is 22.6. The summed E-state index contributed by atoms with van der Waals surface area (Å²) in [6.45, 7) is 18.7. The van der Waals surface area contributed by atoms with Crippen LogP contribution < -0.4 is 10.6 Å². The van der Waals surface area contributed by atoms with Crippen molar-refractivity contribution in [3.63, 3.8) is 0 Å². The van der Waals surface area contributed by atoms with Gasteiger partial charge < -0.3 is 20.1 Å². The van der Waals surface area contributed by atoms with E-state index in [0.717, 1.165) is 60.5 Å². The second-order valence-corrected chi connectivity index (χ2v) is 10.8. The van der Waals surface area contributed by atoms with Crippen LogP contribution in [0.1, 0.15) is 80.1 Å². The summed E-state index contributed by atoms with van der Waals surface area (Å²) in [6, 6.07) is 0. The minimum absolute atomic E-state index is 0.624. The highest BCUT2D eigenvalue weighted by Gasteiger charge is 2.33. The molecule has 2 radical (unpaired) electrons. The van der Waals surface area contributed by atoms with Crippen molar-refractivity contribution in [2.45, 2.75) is 80.1 Å². The van der Waals surface area contributed by atoms with Crippen LogP contribution >= 0.6 is 0 Å². The van der Waals surface area contributed by atoms with E-state index in [4.69, 9.17) is 9.47 Å². The second-order valence-electron chi connectivity index (χ2n) is 10.8. The molecule has 0 spiro atoms. The molecule has 2 fully saturated rings. The van der Waals surface area contributed by atoms with Crippen LogP contribution in [-0.2, 0) is 9.47 Å². The maximum atomic E-state index is 6.24. The lowest BCUT2D eigenvalue weighted by Gasteiger charge is -2.37. The zero-order valence-electron chi connectivity index (χ0n) is 19.6. The van der Waals surface area contributed by atoms with Gasteiger partial charge in [0.1, 0.15) is 0 Å². The van der Waals surface area contributed by atoms with E-state index in [1.807, 2.05) is 0 Å². The zero-order valence-corrected chi connectivity index (χ0v) is 19.6. The highest BCUT2D eigenvalue weighted by atomic mass is 16.5. The summed E-state index contributed by atoms with van der Waals surface area (Å²) in [6.07, 6.45) is 7.90. The zero-order chi connectivity index (χ0) is 21.0. The van der Waals surface area contributed by atoms with Crippen molar-refractivity contribution in [2.75, 3.05) is 13.2 Å². The van der Waals surface area contributed by atoms with E-state index >= 15 is 0 Å². The van der Waals surface area contributed by atoms with Crippen molar-refractivity contribution in [1.82, 2.24) is 10.6 Å². The monoisotopic (exact) mass is 404 g/mol. The molecule has 0 amide bonds. The molecule has 3 aliphatic rings. The van der Waals surface area contributed by atoms with Crippen LogP contribution in [0, 0.1) is 54.0 Å². The fraction of sp³-hybridized carbons (Fsp3) is 0.880. The lowest BCUT2D eigenvalue weighted by Crippen LogP contribution is -2.32. The van der Waals surface area contributed by atoms with Gasteiger partial charge in [-0.15, -0.1) is 0 Å². The fourth-order valence-electron chi connectivity index (χ4n) is 6.03. The Labute approximate surface area is 179 Å². The summed E-state index contributed by atoms with van der Waals surface area (Å²) in [4.78, 5) is 0. The Morgan fingerprint density at radius 3 is 1.55 bits per heavy atom. The summed E-state index contributed by atoms with van der Waals surface area (Å²) < 4.78 is 12.5. The molecular formula is C25H44N2O2. The molecule has 0 aromatic carbocycles. The molecule has 0 unspecified atom stereocenters. The molecule has 1 aliphatic heterocycles. The highest BCUT2D eigenvalue weighted by Crippen LogP contribution is 2.39. The lowest BCUT2D eigenvalue weighted by atomic mass is 9.70. The van der Waals surface area contributed by atoms with E-state index in [0.29, 0.717) is 11.8 Å². The first-order chi connectivity index (χ1) is 13.8. The Morgan fingerprint density at radius 1 is 0.759 bits per heavy atom. The number of hydrogen-bond acceptors (Lipinski definition) is 4. The third-order valence-electron chi connectivity index (χ3n) is 7.76. The molecule has 1 heterocycles. The molecule has 166 valence electrons. The quantitative estimate of drug-likeness (QED) is 0.540. The van der Waals surface area contributed by atoms with Crippen molar-refractivity contribution in [2.24, 2.45) is 47.3 Å². The van der Waals surface area contributed by atoms with Gasteiger partial charge in [-0.3, -0.25) is 0 Å². The van der Waals surface area contributed by atoms with Crippen molar-refractivity contribution < 1.29 is 9.47 Å². The van der Waals surface area contributed by atoms with Crippen LogP contribution in [0.5, 0.6) is 0 Å². The van der Waals surface area contributed by atoms with E-state index in [1.54, 1.807) is 0 Å². The average molecular weight is 405 g/mol. The predicted molar refractivity (Wildman–Crippen MR) is 118 cm³/mol. The largest absolute Gasteiger partial charge is 0.475 e. The molecule has 0 aromatic rings. The summed E-state index contributed by atoms with van der Waals surface area (Å²) in [5.74, 6) is 7.24. The minimum atomic E-state index is 0.624. The molecule has 0 aromatic heterocycles. The average Bonchev–Trinajstić information content (AvgIpc) is 3.11. The number of rotatable bonds is 8. The summed E-state index contributed by atoms with van der Waals surface area (Å²) in [7, 11) is 0. The van der Waals surface area contributed by atoms with E-state index in [2.05, 4.69) is 58.8 Å². The molecule has 6 atom stereocenters. The van der Waals surface area contributed by atoms with Crippen molar-refractivity contribution >= 4 is 0 Å². The van der Waals surface area contributed by atoms with Gasteiger partial charge in [0.2, 0.25) is 6.67 Å². The van der Waals surface area contributed by atoms with Gasteiger partial charge in [0.05, 0.1) is 13.2 Å². The topological polar surface area (TPSA) is 42.5 Å². The van der Waals surface area contributed by atoms with E-state index < -0.39 is 0 Å². The van der Waals surface area contributed by atoms with Crippen LogP contribution in [0.2, 0.25) is 0 Å². The van der Waals surface area contributed by atoms with Gasteiger partial charge in [0.25, 0.3) is 11.8 Å². The molecule has 3 rings (SSSR count). The van der Waals surface area contributed by atoms with E-state index in [1.165, 1.54) is 38.5 Å². The van der Waals surface area contributed by atoms with Gasteiger partial charge in [0.15, 0.2) is 0 Å². The summed E-state index contributed by atoms with van der Waals surface area (Å²) in [5, 5.41) is 6.21. The SMILES string of the molecule is CC(C)[C@@H]1CC[C@@H](C)C[C@H]1COC1=C(OC[C@@H]2C[C@H](C)CC[C@H]2C(C)C)N[C]N1. The summed E-state index contributed by atoms with van der Waals surface area (Å²) >= 11 is 0. The molecule has 2 N–H and O–H groups in total. The number of nitrogens with one attached hydrogen (secondary N) is 2. The maximum Gasteiger partial charge on any atom is 0.251 e. The third-order valence-corrected chi connectivity index (χ3v) is 7.76. The van der Waals surface area contributed by atoms with E-state index in [-0.39, 0.29) is 0 Å². The normalized spacial score (nSPS) is 35.6. The van der Waals surface area contributed by atoms with Crippen LogP contribution in [0.3, 0.4) is 0 Å². The molecule has 2 saturated carbocycles. The van der Waals surface area contributed by atoms with Crippen LogP contribution in [-0.4, -0.2) is 13.2 Å². The Hall–Kier alpha value is -1.06. The number of hydrogen-bond donors (Lipinski definition) is 2.